The van der Waals surface area contributed by atoms with E-state index in [0.29, 0.717) is 12.8 Å². The van der Waals surface area contributed by atoms with E-state index < -0.39 is 51.8 Å². The number of carbonyl (C=O) groups is 2. The van der Waals surface area contributed by atoms with E-state index in [2.05, 4.69) is 18.4 Å². The van der Waals surface area contributed by atoms with Gasteiger partial charge in [-0.1, -0.05) is 104 Å². The third-order valence-corrected chi connectivity index (χ3v) is 7.21. The minimum Gasteiger partial charge on any atom is -0.462 e. The van der Waals surface area contributed by atoms with Crippen molar-refractivity contribution in [3.8, 4) is 0 Å². The van der Waals surface area contributed by atoms with Crippen LogP contribution in [-0.4, -0.2) is 65.7 Å². The molecule has 0 aromatic rings. The van der Waals surface area contributed by atoms with Crippen LogP contribution in [0.15, 0.2) is 0 Å². The zero-order valence-corrected chi connectivity index (χ0v) is 25.3. The standard InChI is InChI=1S/C28H55O10P/c1-3-5-7-9-11-13-15-17-19-27(31)35-23-26(24-37-39(33,34)36-22-25(30)21-29)38-28(32)20-18-16-14-12-10-8-6-4-2/h25-26,29-30H,3-24H2,1-2H3,(H,33,34). The van der Waals surface area contributed by atoms with Crippen LogP contribution in [0.3, 0.4) is 0 Å². The number of esters is 2. The molecule has 0 aliphatic carbocycles. The molecule has 3 N–H and O–H groups in total. The number of carbonyl (C=O) groups excluding carboxylic acids is 2. The monoisotopic (exact) mass is 582 g/mol. The third kappa shape index (κ3) is 25.7. The molecule has 11 heteroatoms. The molecule has 0 rings (SSSR count). The van der Waals surface area contributed by atoms with Gasteiger partial charge in [-0.05, 0) is 12.8 Å². The molecule has 0 fully saturated rings. The average molecular weight is 583 g/mol. The first-order valence-electron chi connectivity index (χ1n) is 15.0. The van der Waals surface area contributed by atoms with Crippen molar-refractivity contribution in [3.63, 3.8) is 0 Å². The van der Waals surface area contributed by atoms with E-state index in [-0.39, 0.29) is 19.4 Å². The van der Waals surface area contributed by atoms with Gasteiger partial charge in [-0.2, -0.15) is 0 Å². The zero-order valence-electron chi connectivity index (χ0n) is 24.4. The van der Waals surface area contributed by atoms with Gasteiger partial charge in [-0.15, -0.1) is 0 Å². The van der Waals surface area contributed by atoms with Gasteiger partial charge in [0, 0.05) is 12.8 Å². The molecule has 232 valence electrons. The van der Waals surface area contributed by atoms with E-state index in [0.717, 1.165) is 38.5 Å². The van der Waals surface area contributed by atoms with Crippen molar-refractivity contribution in [2.75, 3.05) is 26.4 Å². The van der Waals surface area contributed by atoms with Gasteiger partial charge in [0.2, 0.25) is 0 Å². The quantitative estimate of drug-likeness (QED) is 0.0570. The first-order chi connectivity index (χ1) is 18.7. The third-order valence-electron chi connectivity index (χ3n) is 6.26. The molecule has 0 aromatic carbocycles. The highest BCUT2D eigenvalue weighted by Gasteiger charge is 2.27. The molecule has 0 saturated carbocycles. The maximum Gasteiger partial charge on any atom is 0.472 e. The largest absolute Gasteiger partial charge is 0.472 e. The Labute approximate surface area is 235 Å². The summed E-state index contributed by atoms with van der Waals surface area (Å²) >= 11 is 0. The van der Waals surface area contributed by atoms with Gasteiger partial charge in [-0.3, -0.25) is 18.6 Å². The SMILES string of the molecule is CCCCCCCCCCC(=O)OCC(COP(=O)(O)OCC(O)CO)OC(=O)CCCCCCCCCC. The van der Waals surface area contributed by atoms with Crippen molar-refractivity contribution in [3.05, 3.63) is 0 Å². The van der Waals surface area contributed by atoms with Crippen molar-refractivity contribution in [2.45, 2.75) is 142 Å². The summed E-state index contributed by atoms with van der Waals surface area (Å²) in [5.74, 6) is -0.933. The number of phosphoric acid groups is 1. The topological polar surface area (TPSA) is 149 Å². The summed E-state index contributed by atoms with van der Waals surface area (Å²) in [7, 11) is -4.59. The Hall–Kier alpha value is -1.03. The molecular formula is C28H55O10P. The van der Waals surface area contributed by atoms with Gasteiger partial charge in [-0.25, -0.2) is 4.57 Å². The van der Waals surface area contributed by atoms with Gasteiger partial charge in [0.05, 0.1) is 19.8 Å². The van der Waals surface area contributed by atoms with Crippen LogP contribution in [0.5, 0.6) is 0 Å². The summed E-state index contributed by atoms with van der Waals surface area (Å²) in [6, 6.07) is 0. The Balaban J connectivity index is 4.50. The summed E-state index contributed by atoms with van der Waals surface area (Å²) < 4.78 is 32.2. The molecule has 0 amide bonds. The maximum atomic E-state index is 12.3. The predicted octanol–water partition coefficient (Wildman–Crippen LogP) is 5.99. The van der Waals surface area contributed by atoms with Gasteiger partial charge in [0.25, 0.3) is 0 Å². The molecule has 10 nitrogen and oxygen atoms in total. The molecule has 39 heavy (non-hydrogen) atoms. The van der Waals surface area contributed by atoms with Crippen LogP contribution in [-0.2, 0) is 32.7 Å². The first-order valence-corrected chi connectivity index (χ1v) is 16.5. The van der Waals surface area contributed by atoms with Gasteiger partial charge < -0.3 is 24.6 Å². The highest BCUT2D eigenvalue weighted by molar-refractivity contribution is 7.47. The number of phosphoric ester groups is 1. The lowest BCUT2D eigenvalue weighted by atomic mass is 10.1. The normalized spacial score (nSPS) is 14.5. The van der Waals surface area contributed by atoms with E-state index in [9.17, 15) is 24.2 Å². The maximum absolute atomic E-state index is 12.3. The Morgan fingerprint density at radius 2 is 1.10 bits per heavy atom. The van der Waals surface area contributed by atoms with Crippen molar-refractivity contribution in [2.24, 2.45) is 0 Å². The number of unbranched alkanes of at least 4 members (excludes halogenated alkanes) is 14. The fourth-order valence-electron chi connectivity index (χ4n) is 3.87. The van der Waals surface area contributed by atoms with Crippen LogP contribution in [0.1, 0.15) is 129 Å². The molecule has 0 spiro atoms. The van der Waals surface area contributed by atoms with E-state index in [1.807, 2.05) is 0 Å². The number of aliphatic hydroxyl groups is 2. The van der Waals surface area contributed by atoms with Crippen LogP contribution in [0, 0.1) is 0 Å². The smallest absolute Gasteiger partial charge is 0.462 e. The zero-order chi connectivity index (χ0) is 29.2. The Kier molecular flexibility index (Phi) is 25.2. The molecule has 0 saturated heterocycles. The van der Waals surface area contributed by atoms with Crippen LogP contribution < -0.4 is 0 Å². The lowest BCUT2D eigenvalue weighted by Crippen LogP contribution is -2.29. The molecule has 0 bridgehead atoms. The predicted molar refractivity (Wildman–Crippen MR) is 150 cm³/mol. The summed E-state index contributed by atoms with van der Waals surface area (Å²) in [5.41, 5.74) is 0. The number of hydrogen-bond acceptors (Lipinski definition) is 9. The van der Waals surface area contributed by atoms with Crippen molar-refractivity contribution < 1.29 is 47.8 Å². The fraction of sp³-hybridized carbons (Fsp3) is 0.929. The molecule has 0 radical (unpaired) electrons. The Morgan fingerprint density at radius 3 is 1.59 bits per heavy atom. The molecule has 3 atom stereocenters. The van der Waals surface area contributed by atoms with Crippen molar-refractivity contribution in [1.29, 1.82) is 0 Å². The molecule has 0 aliphatic rings. The Morgan fingerprint density at radius 1 is 0.667 bits per heavy atom. The van der Waals surface area contributed by atoms with E-state index in [1.54, 1.807) is 0 Å². The lowest BCUT2D eigenvalue weighted by molar-refractivity contribution is -0.161. The van der Waals surface area contributed by atoms with E-state index in [4.69, 9.17) is 19.1 Å². The van der Waals surface area contributed by atoms with Crippen molar-refractivity contribution in [1.82, 2.24) is 0 Å². The highest BCUT2D eigenvalue weighted by Crippen LogP contribution is 2.43. The lowest BCUT2D eigenvalue weighted by Gasteiger charge is -2.20. The minimum atomic E-state index is -4.59. The van der Waals surface area contributed by atoms with Gasteiger partial charge in [0.15, 0.2) is 6.10 Å². The summed E-state index contributed by atoms with van der Waals surface area (Å²) in [4.78, 5) is 34.3. The average Bonchev–Trinajstić information content (AvgIpc) is 2.91. The van der Waals surface area contributed by atoms with Gasteiger partial charge in [0.1, 0.15) is 12.7 Å². The van der Waals surface area contributed by atoms with Crippen LogP contribution in [0.25, 0.3) is 0 Å². The summed E-state index contributed by atoms with van der Waals surface area (Å²) in [5, 5.41) is 18.1. The Bertz CT molecular complexity index is 646. The second kappa shape index (κ2) is 25.9. The van der Waals surface area contributed by atoms with Crippen LogP contribution in [0.2, 0.25) is 0 Å². The molecule has 3 unspecified atom stereocenters. The minimum absolute atomic E-state index is 0.188. The molecule has 0 aliphatic heterocycles. The first kappa shape index (κ1) is 38.0. The van der Waals surface area contributed by atoms with Gasteiger partial charge >= 0.3 is 19.8 Å². The van der Waals surface area contributed by atoms with Crippen LogP contribution >= 0.6 is 7.82 Å². The number of ether oxygens (including phenoxy) is 2. The summed E-state index contributed by atoms with van der Waals surface area (Å²) in [6.07, 6.45) is 15.4. The molecule has 0 heterocycles. The summed E-state index contributed by atoms with van der Waals surface area (Å²) in [6.45, 7) is 2.27. The highest BCUT2D eigenvalue weighted by atomic mass is 31.2. The second-order valence-corrected chi connectivity index (χ2v) is 11.6. The van der Waals surface area contributed by atoms with Crippen molar-refractivity contribution >= 4 is 19.8 Å². The van der Waals surface area contributed by atoms with Crippen LogP contribution in [0.4, 0.5) is 0 Å². The molecular weight excluding hydrogens is 527 g/mol. The fourth-order valence-corrected chi connectivity index (χ4v) is 4.66. The molecule has 0 aromatic heterocycles. The second-order valence-electron chi connectivity index (χ2n) is 10.1. The number of hydrogen-bond donors (Lipinski definition) is 3. The number of aliphatic hydroxyl groups excluding tert-OH is 2. The van der Waals surface area contributed by atoms with E-state index in [1.165, 1.54) is 51.4 Å². The number of rotatable bonds is 28. The van der Waals surface area contributed by atoms with E-state index >= 15 is 0 Å².